The van der Waals surface area contributed by atoms with Crippen molar-refractivity contribution in [2.45, 2.75) is 31.7 Å². The van der Waals surface area contributed by atoms with E-state index in [0.29, 0.717) is 25.7 Å². The molecule has 0 saturated carbocycles. The molecule has 2 aliphatic rings. The molecule has 116 valence electrons. The lowest BCUT2D eigenvalue weighted by molar-refractivity contribution is -0.121. The van der Waals surface area contributed by atoms with Gasteiger partial charge in [0, 0.05) is 32.7 Å². The van der Waals surface area contributed by atoms with Gasteiger partial charge >= 0.3 is 6.03 Å². The van der Waals surface area contributed by atoms with Crippen LogP contribution in [-0.4, -0.2) is 67.6 Å². The summed E-state index contributed by atoms with van der Waals surface area (Å²) in [6.07, 6.45) is 4.71. The van der Waals surface area contributed by atoms with Crippen LogP contribution < -0.4 is 10.6 Å². The van der Waals surface area contributed by atoms with E-state index in [1.54, 1.807) is 16.8 Å². The summed E-state index contributed by atoms with van der Waals surface area (Å²) in [7, 11) is 1.76. The van der Waals surface area contributed by atoms with Crippen LogP contribution in [0.4, 0.5) is 4.79 Å². The van der Waals surface area contributed by atoms with Crippen LogP contribution in [0.5, 0.6) is 0 Å². The van der Waals surface area contributed by atoms with Crippen molar-refractivity contribution in [3.8, 4) is 0 Å². The molecule has 2 aliphatic heterocycles. The highest BCUT2D eigenvalue weighted by atomic mass is 35.5. The number of halogens is 1. The first-order valence-corrected chi connectivity index (χ1v) is 7.17. The Kier molecular flexibility index (Phi) is 7.09. The molecular weight excluding hydrogens is 280 g/mol. The largest absolute Gasteiger partial charge is 0.355 e. The van der Waals surface area contributed by atoms with Gasteiger partial charge in [0.1, 0.15) is 6.54 Å². The van der Waals surface area contributed by atoms with Gasteiger partial charge in [0.25, 0.3) is 0 Å². The van der Waals surface area contributed by atoms with Gasteiger partial charge in [0.15, 0.2) is 0 Å². The zero-order valence-corrected chi connectivity index (χ0v) is 12.9. The first-order valence-electron chi connectivity index (χ1n) is 7.17. The molecule has 0 aromatic rings. The first-order chi connectivity index (χ1) is 9.16. The summed E-state index contributed by atoms with van der Waals surface area (Å²) in [5.74, 6) is -0.0561. The van der Waals surface area contributed by atoms with E-state index < -0.39 is 0 Å². The van der Waals surface area contributed by atoms with Crippen molar-refractivity contribution >= 4 is 24.3 Å². The Hall–Kier alpha value is -1.01. The molecule has 1 atom stereocenters. The monoisotopic (exact) mass is 304 g/mol. The number of urea groups is 1. The predicted molar refractivity (Wildman–Crippen MR) is 80.1 cm³/mol. The van der Waals surface area contributed by atoms with Crippen LogP contribution in [0, 0.1) is 0 Å². The van der Waals surface area contributed by atoms with Crippen LogP contribution >= 0.6 is 12.4 Å². The molecule has 0 radical (unpaired) electrons. The van der Waals surface area contributed by atoms with Crippen molar-refractivity contribution in [2.24, 2.45) is 0 Å². The van der Waals surface area contributed by atoms with Crippen LogP contribution in [0.3, 0.4) is 0 Å². The van der Waals surface area contributed by atoms with Crippen LogP contribution in [-0.2, 0) is 4.79 Å². The van der Waals surface area contributed by atoms with Crippen molar-refractivity contribution < 1.29 is 9.59 Å². The molecule has 0 bridgehead atoms. The Morgan fingerprint density at radius 1 is 1.40 bits per heavy atom. The maximum Gasteiger partial charge on any atom is 0.320 e. The van der Waals surface area contributed by atoms with Crippen molar-refractivity contribution in [1.29, 1.82) is 0 Å². The van der Waals surface area contributed by atoms with Crippen LogP contribution in [0.1, 0.15) is 25.7 Å². The Morgan fingerprint density at radius 3 is 2.80 bits per heavy atom. The minimum absolute atomic E-state index is 0. The number of piperidine rings is 1. The minimum atomic E-state index is -0.0561. The number of carbonyl (C=O) groups excluding carboxylic acids is 2. The van der Waals surface area contributed by atoms with E-state index in [9.17, 15) is 9.59 Å². The summed E-state index contributed by atoms with van der Waals surface area (Å²) < 4.78 is 0. The summed E-state index contributed by atoms with van der Waals surface area (Å²) in [6, 6.07) is 0.484. The Morgan fingerprint density at radius 2 is 2.20 bits per heavy atom. The van der Waals surface area contributed by atoms with E-state index in [1.165, 1.54) is 19.3 Å². The molecule has 2 saturated heterocycles. The minimum Gasteiger partial charge on any atom is -0.355 e. The number of nitrogens with one attached hydrogen (secondary N) is 2. The second kappa shape index (κ2) is 8.32. The zero-order chi connectivity index (χ0) is 13.7. The summed E-state index contributed by atoms with van der Waals surface area (Å²) in [5.41, 5.74) is 0. The lowest BCUT2D eigenvalue weighted by Crippen LogP contribution is -2.41. The quantitative estimate of drug-likeness (QED) is 0.774. The maximum atomic E-state index is 11.7. The van der Waals surface area contributed by atoms with E-state index in [-0.39, 0.29) is 30.9 Å². The third kappa shape index (κ3) is 4.83. The predicted octanol–water partition coefficient (Wildman–Crippen LogP) is 0.424. The fourth-order valence-corrected chi connectivity index (χ4v) is 2.64. The average Bonchev–Trinajstić information content (AvgIpc) is 2.72. The molecule has 6 nitrogen and oxygen atoms in total. The highest BCUT2D eigenvalue weighted by molar-refractivity contribution is 5.85. The molecule has 3 amide bonds. The molecule has 20 heavy (non-hydrogen) atoms. The molecule has 2 rings (SSSR count). The molecule has 1 unspecified atom stereocenters. The number of carbonyl (C=O) groups is 2. The molecule has 0 aromatic carbocycles. The highest BCUT2D eigenvalue weighted by Gasteiger charge is 2.26. The van der Waals surface area contributed by atoms with Crippen molar-refractivity contribution in [2.75, 3.05) is 39.8 Å². The molecule has 2 fully saturated rings. The smallest absolute Gasteiger partial charge is 0.320 e. The Labute approximate surface area is 126 Å². The molecule has 2 N–H and O–H groups in total. The zero-order valence-electron chi connectivity index (χ0n) is 12.1. The standard InChI is InChI=1S/C13H24N4O2.ClH/c1-16-8-9-17(13(16)19)10-12(18)15-7-5-11-4-2-3-6-14-11;/h11,14H,2-10H2,1H3,(H,15,18);1H. The van der Waals surface area contributed by atoms with Gasteiger partial charge in [-0.1, -0.05) is 6.42 Å². The van der Waals surface area contributed by atoms with E-state index in [1.807, 2.05) is 0 Å². The maximum absolute atomic E-state index is 11.7. The number of likely N-dealkylation sites (N-methyl/N-ethyl adjacent to an activating group) is 1. The lowest BCUT2D eigenvalue weighted by atomic mass is 10.0. The topological polar surface area (TPSA) is 64.7 Å². The van der Waals surface area contributed by atoms with Gasteiger partial charge in [-0.3, -0.25) is 4.79 Å². The molecule has 0 aromatic heterocycles. The van der Waals surface area contributed by atoms with E-state index in [0.717, 1.165) is 13.0 Å². The average molecular weight is 305 g/mol. The Balaban J connectivity index is 0.00000200. The summed E-state index contributed by atoms with van der Waals surface area (Å²) in [4.78, 5) is 26.6. The van der Waals surface area contributed by atoms with Gasteiger partial charge < -0.3 is 20.4 Å². The number of rotatable bonds is 5. The van der Waals surface area contributed by atoms with Crippen LogP contribution in [0.2, 0.25) is 0 Å². The molecular formula is C13H25ClN4O2. The van der Waals surface area contributed by atoms with Crippen LogP contribution in [0.25, 0.3) is 0 Å². The van der Waals surface area contributed by atoms with Crippen molar-refractivity contribution in [3.63, 3.8) is 0 Å². The number of nitrogens with zero attached hydrogens (tertiary/aromatic N) is 2. The van der Waals surface area contributed by atoms with Crippen LogP contribution in [0.15, 0.2) is 0 Å². The second-order valence-electron chi connectivity index (χ2n) is 5.41. The number of hydrogen-bond acceptors (Lipinski definition) is 3. The normalized spacial score (nSPS) is 22.6. The van der Waals surface area contributed by atoms with Gasteiger partial charge in [0.05, 0.1) is 0 Å². The molecule has 2 heterocycles. The second-order valence-corrected chi connectivity index (χ2v) is 5.41. The van der Waals surface area contributed by atoms with Gasteiger partial charge in [-0.25, -0.2) is 4.79 Å². The van der Waals surface area contributed by atoms with Gasteiger partial charge in [0.2, 0.25) is 5.91 Å². The summed E-state index contributed by atoms with van der Waals surface area (Å²) in [6.45, 7) is 3.31. The summed E-state index contributed by atoms with van der Waals surface area (Å²) >= 11 is 0. The highest BCUT2D eigenvalue weighted by Crippen LogP contribution is 2.09. The fraction of sp³-hybridized carbons (Fsp3) is 0.846. The van der Waals surface area contributed by atoms with E-state index in [4.69, 9.17) is 0 Å². The third-order valence-electron chi connectivity index (χ3n) is 3.86. The van der Waals surface area contributed by atoms with Crippen molar-refractivity contribution in [3.05, 3.63) is 0 Å². The first kappa shape index (κ1) is 17.0. The van der Waals surface area contributed by atoms with Gasteiger partial charge in [-0.2, -0.15) is 0 Å². The Bertz CT molecular complexity index is 334. The van der Waals surface area contributed by atoms with Gasteiger partial charge in [-0.05, 0) is 25.8 Å². The van der Waals surface area contributed by atoms with Gasteiger partial charge in [-0.15, -0.1) is 12.4 Å². The SMILES string of the molecule is CN1CCN(CC(=O)NCCC2CCCCN2)C1=O.Cl. The van der Waals surface area contributed by atoms with E-state index in [2.05, 4.69) is 10.6 Å². The molecule has 0 aliphatic carbocycles. The number of hydrogen-bond donors (Lipinski definition) is 2. The van der Waals surface area contributed by atoms with E-state index >= 15 is 0 Å². The number of amides is 3. The van der Waals surface area contributed by atoms with Crippen molar-refractivity contribution in [1.82, 2.24) is 20.4 Å². The molecule has 0 spiro atoms. The lowest BCUT2D eigenvalue weighted by Gasteiger charge is -2.23. The fourth-order valence-electron chi connectivity index (χ4n) is 2.64. The third-order valence-corrected chi connectivity index (χ3v) is 3.86. The summed E-state index contributed by atoms with van der Waals surface area (Å²) in [5, 5.41) is 6.36. The molecule has 7 heteroatoms.